The second kappa shape index (κ2) is 2.54. The average molecular weight is 209 g/mol. The molecule has 0 fully saturated rings. The smallest absolute Gasteiger partial charge is 0.204 e. The van der Waals surface area contributed by atoms with E-state index in [2.05, 4.69) is 14.9 Å². The van der Waals surface area contributed by atoms with Crippen LogP contribution in [0.3, 0.4) is 0 Å². The Bertz CT molecular complexity index is 517. The second-order valence-corrected chi connectivity index (χ2v) is 3.78. The lowest BCUT2D eigenvalue weighted by Crippen LogP contribution is -1.95. The number of nitrogens with two attached hydrogens (primary N) is 1. The van der Waals surface area contributed by atoms with Crippen molar-refractivity contribution in [1.29, 1.82) is 0 Å². The van der Waals surface area contributed by atoms with E-state index >= 15 is 0 Å². The van der Waals surface area contributed by atoms with Crippen LogP contribution < -0.4 is 11.1 Å². The van der Waals surface area contributed by atoms with Gasteiger partial charge >= 0.3 is 0 Å². The number of hydrogen-bond acceptors (Lipinski definition) is 3. The average Bonchev–Trinajstić information content (AvgIpc) is 2.68. The SMILES string of the molecule is Nc1cc2nc3n(c2cc1Cl)CCN3. The number of imidazole rings is 1. The fourth-order valence-electron chi connectivity index (χ4n) is 1.80. The molecule has 0 atom stereocenters. The predicted molar refractivity (Wildman–Crippen MR) is 57.6 cm³/mol. The summed E-state index contributed by atoms with van der Waals surface area (Å²) >= 11 is 5.96. The molecule has 0 unspecified atom stereocenters. The lowest BCUT2D eigenvalue weighted by atomic mass is 10.3. The summed E-state index contributed by atoms with van der Waals surface area (Å²) in [5.74, 6) is 0.904. The van der Waals surface area contributed by atoms with Crippen molar-refractivity contribution in [2.75, 3.05) is 17.6 Å². The highest BCUT2D eigenvalue weighted by molar-refractivity contribution is 6.33. The second-order valence-electron chi connectivity index (χ2n) is 3.38. The van der Waals surface area contributed by atoms with Crippen LogP contribution in [0.15, 0.2) is 12.1 Å². The third kappa shape index (κ3) is 0.915. The summed E-state index contributed by atoms with van der Waals surface area (Å²) in [7, 11) is 0. The molecule has 5 heteroatoms. The number of nitrogen functional groups attached to an aromatic ring is 1. The topological polar surface area (TPSA) is 55.9 Å². The van der Waals surface area contributed by atoms with Crippen molar-refractivity contribution in [3.8, 4) is 0 Å². The van der Waals surface area contributed by atoms with Gasteiger partial charge in [0.15, 0.2) is 0 Å². The van der Waals surface area contributed by atoms with Crippen molar-refractivity contribution >= 4 is 34.3 Å². The third-order valence-corrected chi connectivity index (χ3v) is 2.81. The van der Waals surface area contributed by atoms with Crippen molar-refractivity contribution in [3.05, 3.63) is 17.2 Å². The van der Waals surface area contributed by atoms with Gasteiger partial charge in [-0.25, -0.2) is 4.98 Å². The number of halogens is 1. The summed E-state index contributed by atoms with van der Waals surface area (Å²) in [6.07, 6.45) is 0. The van der Waals surface area contributed by atoms with E-state index in [-0.39, 0.29) is 0 Å². The number of anilines is 2. The maximum Gasteiger partial charge on any atom is 0.204 e. The minimum absolute atomic E-state index is 0.580. The molecule has 72 valence electrons. The highest BCUT2D eigenvalue weighted by Gasteiger charge is 2.16. The maximum absolute atomic E-state index is 5.96. The van der Waals surface area contributed by atoms with Gasteiger partial charge in [-0.3, -0.25) is 0 Å². The van der Waals surface area contributed by atoms with Crippen LogP contribution in [-0.4, -0.2) is 16.1 Å². The van der Waals surface area contributed by atoms with Crippen molar-refractivity contribution in [3.63, 3.8) is 0 Å². The van der Waals surface area contributed by atoms with Crippen LogP contribution in [0, 0.1) is 0 Å². The van der Waals surface area contributed by atoms with E-state index in [1.54, 1.807) is 0 Å². The van der Waals surface area contributed by atoms with Crippen LogP contribution in [0.4, 0.5) is 11.6 Å². The van der Waals surface area contributed by atoms with Gasteiger partial charge in [-0.05, 0) is 12.1 Å². The van der Waals surface area contributed by atoms with Crippen molar-refractivity contribution in [1.82, 2.24) is 9.55 Å². The van der Waals surface area contributed by atoms with E-state index in [0.717, 1.165) is 30.1 Å². The van der Waals surface area contributed by atoms with Gasteiger partial charge in [0.25, 0.3) is 0 Å². The number of aromatic nitrogens is 2. The first-order valence-electron chi connectivity index (χ1n) is 4.45. The lowest BCUT2D eigenvalue weighted by Gasteiger charge is -1.99. The monoisotopic (exact) mass is 208 g/mol. The normalized spacial score (nSPS) is 14.4. The quantitative estimate of drug-likeness (QED) is 0.648. The first kappa shape index (κ1) is 7.94. The molecule has 0 radical (unpaired) electrons. The van der Waals surface area contributed by atoms with Gasteiger partial charge in [0.2, 0.25) is 5.95 Å². The zero-order valence-corrected chi connectivity index (χ0v) is 8.17. The summed E-state index contributed by atoms with van der Waals surface area (Å²) in [5, 5.41) is 3.79. The molecular formula is C9H9ClN4. The molecule has 14 heavy (non-hydrogen) atoms. The Balaban J connectivity index is 2.39. The molecule has 4 nitrogen and oxygen atoms in total. The third-order valence-electron chi connectivity index (χ3n) is 2.49. The Morgan fingerprint density at radius 2 is 2.36 bits per heavy atom. The Labute approximate surface area is 85.7 Å². The van der Waals surface area contributed by atoms with Crippen LogP contribution in [0.1, 0.15) is 0 Å². The molecule has 0 bridgehead atoms. The van der Waals surface area contributed by atoms with E-state index in [1.807, 2.05) is 12.1 Å². The van der Waals surface area contributed by atoms with Gasteiger partial charge < -0.3 is 15.6 Å². The summed E-state index contributed by atoms with van der Waals surface area (Å²) in [5.41, 5.74) is 8.23. The summed E-state index contributed by atoms with van der Waals surface area (Å²) < 4.78 is 2.11. The molecular weight excluding hydrogens is 200 g/mol. The van der Waals surface area contributed by atoms with Crippen molar-refractivity contribution in [2.45, 2.75) is 6.54 Å². The molecule has 1 aromatic heterocycles. The highest BCUT2D eigenvalue weighted by Crippen LogP contribution is 2.29. The molecule has 0 saturated carbocycles. The van der Waals surface area contributed by atoms with Crippen LogP contribution in [0.5, 0.6) is 0 Å². The minimum atomic E-state index is 0.580. The Morgan fingerprint density at radius 1 is 1.50 bits per heavy atom. The summed E-state index contributed by atoms with van der Waals surface area (Å²) in [6, 6.07) is 3.68. The van der Waals surface area contributed by atoms with Gasteiger partial charge in [-0.1, -0.05) is 11.6 Å². The summed E-state index contributed by atoms with van der Waals surface area (Å²) in [6.45, 7) is 1.87. The van der Waals surface area contributed by atoms with Gasteiger partial charge in [-0.15, -0.1) is 0 Å². The molecule has 0 amide bonds. The molecule has 0 saturated heterocycles. The number of rotatable bonds is 0. The molecule has 2 aromatic rings. The fraction of sp³-hybridized carbons (Fsp3) is 0.222. The first-order chi connectivity index (χ1) is 6.75. The number of benzene rings is 1. The molecule has 1 aromatic carbocycles. The van der Waals surface area contributed by atoms with Gasteiger partial charge in [0.05, 0.1) is 21.7 Å². The molecule has 3 N–H and O–H groups in total. The zero-order chi connectivity index (χ0) is 9.71. The van der Waals surface area contributed by atoms with E-state index in [9.17, 15) is 0 Å². The molecule has 0 aliphatic carbocycles. The fourth-order valence-corrected chi connectivity index (χ4v) is 1.96. The van der Waals surface area contributed by atoms with E-state index in [4.69, 9.17) is 17.3 Å². The molecule has 2 heterocycles. The predicted octanol–water partition coefficient (Wildman–Crippen LogP) is 1.70. The van der Waals surface area contributed by atoms with E-state index in [0.29, 0.717) is 10.7 Å². The van der Waals surface area contributed by atoms with Gasteiger partial charge in [-0.2, -0.15) is 0 Å². The molecule has 1 aliphatic rings. The minimum Gasteiger partial charge on any atom is -0.397 e. The standard InChI is InChI=1S/C9H9ClN4/c10-5-3-8-7(4-6(5)11)13-9-12-1-2-14(8)9/h3-4H,1-2,11H2,(H,12,13). The Morgan fingerprint density at radius 3 is 3.21 bits per heavy atom. The molecule has 0 spiro atoms. The largest absolute Gasteiger partial charge is 0.397 e. The number of fused-ring (bicyclic) bond motifs is 3. The number of nitrogens with one attached hydrogen (secondary N) is 1. The zero-order valence-electron chi connectivity index (χ0n) is 7.42. The van der Waals surface area contributed by atoms with Crippen LogP contribution in [0.25, 0.3) is 11.0 Å². The Kier molecular flexibility index (Phi) is 1.44. The first-order valence-corrected chi connectivity index (χ1v) is 4.82. The maximum atomic E-state index is 5.96. The van der Waals surface area contributed by atoms with Crippen LogP contribution in [-0.2, 0) is 6.54 Å². The highest BCUT2D eigenvalue weighted by atomic mass is 35.5. The van der Waals surface area contributed by atoms with E-state index in [1.165, 1.54) is 0 Å². The lowest BCUT2D eigenvalue weighted by molar-refractivity contribution is 0.837. The van der Waals surface area contributed by atoms with Crippen molar-refractivity contribution < 1.29 is 0 Å². The van der Waals surface area contributed by atoms with E-state index < -0.39 is 0 Å². The van der Waals surface area contributed by atoms with Crippen LogP contribution >= 0.6 is 11.6 Å². The Hall–Kier alpha value is -1.42. The van der Waals surface area contributed by atoms with Gasteiger partial charge in [0.1, 0.15) is 0 Å². The number of hydrogen-bond donors (Lipinski definition) is 2. The van der Waals surface area contributed by atoms with Gasteiger partial charge in [0, 0.05) is 13.1 Å². The summed E-state index contributed by atoms with van der Waals surface area (Å²) in [4.78, 5) is 4.41. The van der Waals surface area contributed by atoms with Crippen molar-refractivity contribution in [2.24, 2.45) is 0 Å². The van der Waals surface area contributed by atoms with Crippen LogP contribution in [0.2, 0.25) is 5.02 Å². The number of nitrogens with zero attached hydrogens (tertiary/aromatic N) is 2. The molecule has 3 rings (SSSR count). The molecule has 1 aliphatic heterocycles.